The highest BCUT2D eigenvalue weighted by Gasteiger charge is 2.26. The molecule has 2 N–H and O–H groups in total. The maximum atomic E-state index is 12.2. The number of benzene rings is 2. The first kappa shape index (κ1) is 17.7. The van der Waals surface area contributed by atoms with Crippen LogP contribution in [0.25, 0.3) is 27.2 Å². The lowest BCUT2D eigenvalue weighted by Crippen LogP contribution is -2.07. The van der Waals surface area contributed by atoms with Crippen molar-refractivity contribution in [2.24, 2.45) is 0 Å². The van der Waals surface area contributed by atoms with Gasteiger partial charge < -0.3 is 14.6 Å². The summed E-state index contributed by atoms with van der Waals surface area (Å²) in [6.45, 7) is 0. The maximum Gasteiger partial charge on any atom is 0.352 e. The van der Waals surface area contributed by atoms with Gasteiger partial charge in [0, 0.05) is 10.8 Å². The van der Waals surface area contributed by atoms with Crippen molar-refractivity contribution in [3.63, 3.8) is 0 Å². The fraction of sp³-hybridized carbons (Fsp3) is 0.250. The Bertz CT molecular complexity index is 1290. The molecule has 0 bridgehead atoms. The topological polar surface area (TPSA) is 79.0 Å². The summed E-state index contributed by atoms with van der Waals surface area (Å²) in [6.07, 6.45) is 5.69. The smallest absolute Gasteiger partial charge is 0.352 e. The largest absolute Gasteiger partial charge is 0.478 e. The number of aromatic carboxylic acids is 2. The van der Waals surface area contributed by atoms with Crippen LogP contribution in [-0.4, -0.2) is 26.6 Å². The molecular formula is C24H21NO4. The van der Waals surface area contributed by atoms with E-state index >= 15 is 0 Å². The van der Waals surface area contributed by atoms with Crippen LogP contribution in [-0.2, 0) is 0 Å². The van der Waals surface area contributed by atoms with Crippen LogP contribution >= 0.6 is 0 Å². The highest BCUT2D eigenvalue weighted by molar-refractivity contribution is 6.10. The van der Waals surface area contributed by atoms with Crippen LogP contribution in [0.5, 0.6) is 0 Å². The van der Waals surface area contributed by atoms with Crippen LogP contribution in [0.1, 0.15) is 64.4 Å². The molecule has 0 radical (unpaired) electrons. The molecule has 29 heavy (non-hydrogen) atoms. The lowest BCUT2D eigenvalue weighted by Gasteiger charge is -2.22. The first-order valence-corrected chi connectivity index (χ1v) is 10.0. The number of rotatable bonds is 3. The highest BCUT2D eigenvalue weighted by atomic mass is 16.4. The summed E-state index contributed by atoms with van der Waals surface area (Å²) in [5.41, 5.74) is 3.05. The molecule has 0 saturated heterocycles. The second-order valence-electron chi connectivity index (χ2n) is 7.89. The van der Waals surface area contributed by atoms with Gasteiger partial charge in [0.05, 0.1) is 16.6 Å². The van der Waals surface area contributed by atoms with Crippen molar-refractivity contribution >= 4 is 39.1 Å². The first-order valence-electron chi connectivity index (χ1n) is 10.0. The SMILES string of the molecule is O=C(O)c1ccc2c(C3CCCCC3)c3c4ccccc4cc(C(=O)O)n3c2c1. The molecule has 0 atom stereocenters. The maximum absolute atomic E-state index is 12.2. The summed E-state index contributed by atoms with van der Waals surface area (Å²) < 4.78 is 1.76. The third-order valence-electron chi connectivity index (χ3n) is 6.24. The van der Waals surface area contributed by atoms with Gasteiger partial charge in [0.1, 0.15) is 5.69 Å². The zero-order valence-electron chi connectivity index (χ0n) is 15.9. The van der Waals surface area contributed by atoms with Gasteiger partial charge in [0.2, 0.25) is 0 Å². The van der Waals surface area contributed by atoms with E-state index < -0.39 is 11.9 Å². The monoisotopic (exact) mass is 387 g/mol. The van der Waals surface area contributed by atoms with Crippen molar-refractivity contribution in [3.8, 4) is 0 Å². The van der Waals surface area contributed by atoms with Crippen molar-refractivity contribution in [3.05, 3.63) is 65.4 Å². The van der Waals surface area contributed by atoms with Gasteiger partial charge in [0.15, 0.2) is 0 Å². The van der Waals surface area contributed by atoms with Gasteiger partial charge in [-0.05, 0) is 47.9 Å². The average molecular weight is 387 g/mol. The third-order valence-corrected chi connectivity index (χ3v) is 6.24. The standard InChI is InChI=1S/C24H21NO4/c26-23(27)16-10-11-18-19(13-16)25-20(24(28)29)12-15-8-4-5-9-17(15)22(25)21(18)14-6-2-1-3-7-14/h4-5,8-14H,1-3,6-7H2,(H,26,27)(H,28,29). The molecule has 4 aromatic rings. The van der Waals surface area contributed by atoms with Gasteiger partial charge in [0.25, 0.3) is 0 Å². The number of carbonyl (C=O) groups is 2. The molecule has 0 aliphatic heterocycles. The summed E-state index contributed by atoms with van der Waals surface area (Å²) >= 11 is 0. The van der Waals surface area contributed by atoms with Gasteiger partial charge in [-0.15, -0.1) is 0 Å². The Hall–Kier alpha value is -3.34. The Balaban J connectivity index is 2.02. The Labute approximate surface area is 167 Å². The predicted octanol–water partition coefficient (Wildman–Crippen LogP) is 5.69. The highest BCUT2D eigenvalue weighted by Crippen LogP contribution is 2.43. The minimum Gasteiger partial charge on any atom is -0.478 e. The van der Waals surface area contributed by atoms with Crippen molar-refractivity contribution in [2.75, 3.05) is 0 Å². The summed E-state index contributed by atoms with van der Waals surface area (Å²) in [4.78, 5) is 23.8. The molecule has 0 unspecified atom stereocenters. The van der Waals surface area contributed by atoms with E-state index in [1.54, 1.807) is 22.6 Å². The number of carboxylic acids is 2. The lowest BCUT2D eigenvalue weighted by atomic mass is 9.82. The van der Waals surface area contributed by atoms with Gasteiger partial charge in [-0.1, -0.05) is 49.6 Å². The normalized spacial score (nSPS) is 15.3. The van der Waals surface area contributed by atoms with E-state index in [2.05, 4.69) is 0 Å². The summed E-state index contributed by atoms with van der Waals surface area (Å²) in [5, 5.41) is 22.3. The zero-order chi connectivity index (χ0) is 20.1. The second kappa shape index (κ2) is 6.62. The summed E-state index contributed by atoms with van der Waals surface area (Å²) in [7, 11) is 0. The lowest BCUT2D eigenvalue weighted by molar-refractivity contribution is 0.0683. The molecule has 1 fully saturated rings. The predicted molar refractivity (Wildman–Crippen MR) is 112 cm³/mol. The fourth-order valence-electron chi connectivity index (χ4n) is 4.97. The minimum atomic E-state index is -1.02. The van der Waals surface area contributed by atoms with Crippen molar-refractivity contribution in [2.45, 2.75) is 38.0 Å². The van der Waals surface area contributed by atoms with Gasteiger partial charge in [-0.25, -0.2) is 9.59 Å². The van der Waals surface area contributed by atoms with E-state index in [4.69, 9.17) is 0 Å². The molecule has 2 aromatic heterocycles. The van der Waals surface area contributed by atoms with Crippen LogP contribution in [0, 0.1) is 0 Å². The average Bonchev–Trinajstić information content (AvgIpc) is 3.08. The Morgan fingerprint density at radius 3 is 2.34 bits per heavy atom. The summed E-state index contributed by atoms with van der Waals surface area (Å²) in [6, 6.07) is 14.6. The molecule has 5 heteroatoms. The summed E-state index contributed by atoms with van der Waals surface area (Å²) in [5.74, 6) is -1.69. The molecule has 146 valence electrons. The molecule has 1 saturated carbocycles. The number of aromatic nitrogens is 1. The number of hydrogen-bond acceptors (Lipinski definition) is 2. The molecule has 1 aliphatic carbocycles. The van der Waals surface area contributed by atoms with E-state index in [0.717, 1.165) is 52.9 Å². The molecule has 5 nitrogen and oxygen atoms in total. The quantitative estimate of drug-likeness (QED) is 0.473. The van der Waals surface area contributed by atoms with Crippen LogP contribution in [0.4, 0.5) is 0 Å². The third kappa shape index (κ3) is 2.69. The number of fused-ring (bicyclic) bond motifs is 5. The Morgan fingerprint density at radius 1 is 0.862 bits per heavy atom. The van der Waals surface area contributed by atoms with E-state index in [1.807, 2.05) is 30.3 Å². The van der Waals surface area contributed by atoms with Crippen LogP contribution in [0.3, 0.4) is 0 Å². The zero-order valence-corrected chi connectivity index (χ0v) is 15.9. The second-order valence-corrected chi connectivity index (χ2v) is 7.89. The molecule has 2 aromatic carbocycles. The minimum absolute atomic E-state index is 0.160. The Kier molecular flexibility index (Phi) is 4.05. The van der Waals surface area contributed by atoms with E-state index in [9.17, 15) is 19.8 Å². The van der Waals surface area contributed by atoms with Crippen LogP contribution < -0.4 is 0 Å². The van der Waals surface area contributed by atoms with Gasteiger partial charge in [-0.3, -0.25) is 0 Å². The molecule has 5 rings (SSSR count). The number of pyridine rings is 1. The molecular weight excluding hydrogens is 366 g/mol. The fourth-order valence-corrected chi connectivity index (χ4v) is 4.97. The number of hydrogen-bond donors (Lipinski definition) is 2. The molecule has 1 aliphatic rings. The van der Waals surface area contributed by atoms with Gasteiger partial charge >= 0.3 is 11.9 Å². The van der Waals surface area contributed by atoms with E-state index in [-0.39, 0.29) is 11.3 Å². The van der Waals surface area contributed by atoms with Crippen molar-refractivity contribution in [1.29, 1.82) is 0 Å². The van der Waals surface area contributed by atoms with E-state index in [1.165, 1.54) is 6.42 Å². The van der Waals surface area contributed by atoms with E-state index in [0.29, 0.717) is 11.4 Å². The van der Waals surface area contributed by atoms with Crippen molar-refractivity contribution < 1.29 is 19.8 Å². The molecule has 2 heterocycles. The number of carboxylic acid groups (broad SMARTS) is 2. The number of nitrogens with zero attached hydrogens (tertiary/aromatic N) is 1. The Morgan fingerprint density at radius 2 is 1.62 bits per heavy atom. The van der Waals surface area contributed by atoms with Crippen LogP contribution in [0.15, 0.2) is 48.5 Å². The first-order chi connectivity index (χ1) is 14.1. The molecule has 0 amide bonds. The van der Waals surface area contributed by atoms with Crippen molar-refractivity contribution in [1.82, 2.24) is 4.40 Å². The van der Waals surface area contributed by atoms with Gasteiger partial charge in [-0.2, -0.15) is 0 Å². The molecule has 0 spiro atoms. The van der Waals surface area contributed by atoms with Crippen LogP contribution in [0.2, 0.25) is 0 Å².